The third kappa shape index (κ3) is 39.2. The molecular formula is C42H75O9P. The number of hydrogen-bond donors (Lipinski definition) is 3. The molecule has 0 aromatic heterocycles. The van der Waals surface area contributed by atoms with Crippen molar-refractivity contribution in [2.24, 2.45) is 0 Å². The van der Waals surface area contributed by atoms with Gasteiger partial charge in [-0.3, -0.25) is 14.1 Å². The number of carbonyl (C=O) groups excluding carboxylic acids is 2. The van der Waals surface area contributed by atoms with Crippen LogP contribution in [0.1, 0.15) is 181 Å². The Morgan fingerprint density at radius 2 is 1.12 bits per heavy atom. The third-order valence-corrected chi connectivity index (χ3v) is 9.17. The average molecular weight is 755 g/mol. The van der Waals surface area contributed by atoms with Crippen LogP contribution in [0.2, 0.25) is 0 Å². The quantitative estimate of drug-likeness (QED) is 0.0186. The minimum atomic E-state index is -4.78. The van der Waals surface area contributed by atoms with Crippen molar-refractivity contribution in [3.8, 4) is 0 Å². The fourth-order valence-corrected chi connectivity index (χ4v) is 5.92. The van der Waals surface area contributed by atoms with Gasteiger partial charge >= 0.3 is 19.8 Å². The summed E-state index contributed by atoms with van der Waals surface area (Å²) in [6, 6.07) is 0. The Bertz CT molecular complexity index is 1000. The highest BCUT2D eigenvalue weighted by Crippen LogP contribution is 2.36. The van der Waals surface area contributed by atoms with Gasteiger partial charge in [0.15, 0.2) is 6.10 Å². The largest absolute Gasteiger partial charge is 0.469 e. The van der Waals surface area contributed by atoms with E-state index in [4.69, 9.17) is 19.3 Å². The number of phosphoric acid groups is 1. The zero-order valence-corrected chi connectivity index (χ0v) is 33.7. The van der Waals surface area contributed by atoms with E-state index in [9.17, 15) is 19.3 Å². The molecule has 3 N–H and O–H groups in total. The summed E-state index contributed by atoms with van der Waals surface area (Å²) in [7, 11) is -4.78. The fraction of sp³-hybridized carbons (Fsp3) is 0.762. The van der Waals surface area contributed by atoms with E-state index in [1.165, 1.54) is 96.3 Å². The molecule has 9 nitrogen and oxygen atoms in total. The molecule has 10 heteroatoms. The van der Waals surface area contributed by atoms with Crippen LogP contribution in [0.25, 0.3) is 0 Å². The lowest BCUT2D eigenvalue weighted by Gasteiger charge is -2.18. The number of esters is 2. The van der Waals surface area contributed by atoms with E-state index in [2.05, 4.69) is 24.4 Å². The third-order valence-electron chi connectivity index (χ3n) is 8.68. The van der Waals surface area contributed by atoms with E-state index in [0.29, 0.717) is 25.7 Å². The van der Waals surface area contributed by atoms with E-state index in [-0.39, 0.29) is 19.4 Å². The number of carbonyl (C=O) groups is 2. The molecule has 302 valence electrons. The lowest BCUT2D eigenvalue weighted by Crippen LogP contribution is -2.29. The van der Waals surface area contributed by atoms with Crippen LogP contribution in [-0.4, -0.2) is 52.3 Å². The molecule has 0 aliphatic heterocycles. The molecule has 0 radical (unpaired) electrons. The molecule has 0 bridgehead atoms. The first kappa shape index (κ1) is 50.0. The summed E-state index contributed by atoms with van der Waals surface area (Å²) in [4.78, 5) is 42.8. The second-order valence-electron chi connectivity index (χ2n) is 13.8. The minimum absolute atomic E-state index is 0.158. The number of aliphatic hydroxyl groups is 1. The lowest BCUT2D eigenvalue weighted by molar-refractivity contribution is -0.161. The topological polar surface area (TPSA) is 140 Å². The monoisotopic (exact) mass is 755 g/mol. The van der Waals surface area contributed by atoms with Gasteiger partial charge < -0.3 is 24.4 Å². The average Bonchev–Trinajstić information content (AvgIpc) is 3.11. The van der Waals surface area contributed by atoms with Crippen LogP contribution in [0.5, 0.6) is 0 Å². The van der Waals surface area contributed by atoms with Crippen LogP contribution in [0.15, 0.2) is 48.6 Å². The molecule has 0 saturated carbocycles. The fourth-order valence-electron chi connectivity index (χ4n) is 5.56. The molecule has 0 heterocycles. The molecule has 52 heavy (non-hydrogen) atoms. The molecule has 0 aromatic carbocycles. The van der Waals surface area contributed by atoms with Crippen LogP contribution in [-0.2, 0) is 28.2 Å². The van der Waals surface area contributed by atoms with Gasteiger partial charge in [0, 0.05) is 12.8 Å². The van der Waals surface area contributed by atoms with Gasteiger partial charge in [0.05, 0.1) is 12.7 Å². The van der Waals surface area contributed by atoms with Crippen LogP contribution in [0.3, 0.4) is 0 Å². The van der Waals surface area contributed by atoms with Crippen molar-refractivity contribution in [3.63, 3.8) is 0 Å². The van der Waals surface area contributed by atoms with Gasteiger partial charge in [-0.25, -0.2) is 4.57 Å². The Balaban J connectivity index is 4.07. The first-order chi connectivity index (χ1) is 25.2. The normalized spacial score (nSPS) is 13.6. The van der Waals surface area contributed by atoms with Crippen molar-refractivity contribution in [3.05, 3.63) is 48.6 Å². The van der Waals surface area contributed by atoms with Crippen LogP contribution in [0.4, 0.5) is 0 Å². The highest BCUT2D eigenvalue weighted by molar-refractivity contribution is 7.46. The number of ether oxygens (including phenoxy) is 2. The summed E-state index contributed by atoms with van der Waals surface area (Å²) >= 11 is 0. The smallest absolute Gasteiger partial charge is 0.462 e. The van der Waals surface area contributed by atoms with Crippen LogP contribution in [0, 0.1) is 0 Å². The second-order valence-corrected chi connectivity index (χ2v) is 15.1. The Hall–Kier alpha value is -2.03. The summed E-state index contributed by atoms with van der Waals surface area (Å²) in [6.45, 7) is 3.54. The van der Waals surface area contributed by atoms with Gasteiger partial charge in [-0.2, -0.15) is 0 Å². The Morgan fingerprint density at radius 1 is 0.596 bits per heavy atom. The van der Waals surface area contributed by atoms with Gasteiger partial charge in [0.1, 0.15) is 6.61 Å². The van der Waals surface area contributed by atoms with Crippen molar-refractivity contribution >= 4 is 19.8 Å². The summed E-state index contributed by atoms with van der Waals surface area (Å²) < 4.78 is 26.3. The van der Waals surface area contributed by atoms with Gasteiger partial charge in [-0.1, -0.05) is 172 Å². The molecule has 0 unspecified atom stereocenters. The molecule has 2 atom stereocenters. The highest BCUT2D eigenvalue weighted by Gasteiger charge is 2.22. The zero-order valence-electron chi connectivity index (χ0n) is 32.8. The van der Waals surface area contributed by atoms with Crippen LogP contribution < -0.4 is 0 Å². The Morgan fingerprint density at radius 3 is 1.71 bits per heavy atom. The Kier molecular flexibility index (Phi) is 35.8. The summed E-state index contributed by atoms with van der Waals surface area (Å²) in [5, 5.41) is 10.0. The van der Waals surface area contributed by atoms with Crippen molar-refractivity contribution in [2.75, 3.05) is 13.2 Å². The summed E-state index contributed by atoms with van der Waals surface area (Å²) in [5.74, 6) is -0.989. The number of rotatable bonds is 37. The number of aliphatic hydroxyl groups excluding tert-OH is 1. The molecular weight excluding hydrogens is 679 g/mol. The van der Waals surface area contributed by atoms with E-state index in [0.717, 1.165) is 32.1 Å². The zero-order chi connectivity index (χ0) is 38.4. The molecule has 0 amide bonds. The maximum Gasteiger partial charge on any atom is 0.469 e. The highest BCUT2D eigenvalue weighted by atomic mass is 31.2. The van der Waals surface area contributed by atoms with E-state index in [1.807, 2.05) is 36.5 Å². The van der Waals surface area contributed by atoms with Gasteiger partial charge in [0.2, 0.25) is 0 Å². The molecule has 0 fully saturated rings. The lowest BCUT2D eigenvalue weighted by atomic mass is 10.0. The summed E-state index contributed by atoms with van der Waals surface area (Å²) in [5.41, 5.74) is 0. The molecule has 0 aromatic rings. The summed E-state index contributed by atoms with van der Waals surface area (Å²) in [6.07, 6.45) is 41.4. The molecule has 0 aliphatic carbocycles. The second kappa shape index (κ2) is 37.3. The minimum Gasteiger partial charge on any atom is -0.462 e. The number of hydrogen-bond acceptors (Lipinski definition) is 7. The van der Waals surface area contributed by atoms with E-state index < -0.39 is 38.6 Å². The predicted octanol–water partition coefficient (Wildman–Crippen LogP) is 11.3. The van der Waals surface area contributed by atoms with Gasteiger partial charge in [-0.05, 0) is 44.9 Å². The number of allylic oxidation sites excluding steroid dienone is 6. The molecule has 0 rings (SSSR count). The first-order valence-corrected chi connectivity index (χ1v) is 22.1. The van der Waals surface area contributed by atoms with E-state index in [1.54, 1.807) is 6.08 Å². The maximum atomic E-state index is 12.4. The molecule has 0 saturated heterocycles. The van der Waals surface area contributed by atoms with Crippen molar-refractivity contribution in [1.82, 2.24) is 0 Å². The van der Waals surface area contributed by atoms with Crippen LogP contribution >= 0.6 is 7.82 Å². The maximum absolute atomic E-state index is 12.4. The van der Waals surface area contributed by atoms with Crippen molar-refractivity contribution < 1.29 is 43.0 Å². The van der Waals surface area contributed by atoms with Gasteiger partial charge in [0.25, 0.3) is 0 Å². The van der Waals surface area contributed by atoms with E-state index >= 15 is 0 Å². The standard InChI is InChI=1S/C42H75O9P/c1-3-5-7-9-11-12-13-14-15-16-17-18-19-23-28-32-36-42(45)51-40(38-50-52(46,47)48)37-49-41(44)35-31-27-24-20-22-26-30-34-39(43)33-29-25-21-10-8-6-4-2/h20-21,24-26,29-30,33,39-40,43H,3-19,22-23,27-28,31-32,34-38H2,1-2H3,(H2,46,47,48)/b24-20+,25-21-,30-26-,33-29-/t39-,40-/m1/s1. The Labute approximate surface area is 317 Å². The van der Waals surface area contributed by atoms with Crippen molar-refractivity contribution in [1.29, 1.82) is 0 Å². The van der Waals surface area contributed by atoms with Crippen molar-refractivity contribution in [2.45, 2.75) is 193 Å². The first-order valence-electron chi connectivity index (χ1n) is 20.5. The predicted molar refractivity (Wildman–Crippen MR) is 213 cm³/mol. The van der Waals surface area contributed by atoms with Gasteiger partial charge in [-0.15, -0.1) is 0 Å². The molecule has 0 spiro atoms. The number of unbranched alkanes of at least 4 members (excludes halogenated alkanes) is 19. The SMILES string of the molecule is CCCCC/C=C\C=C/[C@@H](O)C/C=C\C/C=C/CCCC(=O)OC[C@H](COP(=O)(O)O)OC(=O)CCCCCCCCCCCCCCCCCC. The molecule has 0 aliphatic rings. The number of phosphoric ester groups is 1.